The first-order chi connectivity index (χ1) is 9.75. The zero-order chi connectivity index (χ0) is 15.9. The molecule has 0 saturated heterocycles. The van der Waals surface area contributed by atoms with Crippen molar-refractivity contribution in [3.8, 4) is 11.1 Å². The Morgan fingerprint density at radius 3 is 1.81 bits per heavy atom. The number of hydrogen-bond acceptors (Lipinski definition) is 2. The lowest BCUT2D eigenvalue weighted by atomic mass is 10.1. The van der Waals surface area contributed by atoms with Gasteiger partial charge >= 0.3 is 5.97 Å². The summed E-state index contributed by atoms with van der Waals surface area (Å²) in [6.45, 7) is 0. The normalized spacial score (nSPS) is 10.7. The van der Waals surface area contributed by atoms with E-state index in [1.54, 1.807) is 0 Å². The molecule has 110 valence electrons. The van der Waals surface area contributed by atoms with Crippen molar-refractivity contribution in [3.05, 3.63) is 53.3 Å². The standard InChI is InChI=1S/C12H4Cl5NO3/c13-6-5(7(14)9(16)10(17)8(6)15)3-1-2-4(12(20)21)18-11(3)19/h1-2H,(H,18,19)(H,20,21). The van der Waals surface area contributed by atoms with E-state index >= 15 is 0 Å². The second-order valence-corrected chi connectivity index (χ2v) is 5.75. The molecule has 2 rings (SSSR count). The topological polar surface area (TPSA) is 70.2 Å². The number of carboxylic acid groups (broad SMARTS) is 1. The molecule has 0 saturated carbocycles. The van der Waals surface area contributed by atoms with Crippen molar-refractivity contribution in [2.24, 2.45) is 0 Å². The van der Waals surface area contributed by atoms with Crippen molar-refractivity contribution >= 4 is 64.0 Å². The number of pyridine rings is 1. The third-order valence-electron chi connectivity index (χ3n) is 2.62. The molecule has 1 heterocycles. The first-order valence-corrected chi connectivity index (χ1v) is 7.13. The van der Waals surface area contributed by atoms with Crippen molar-refractivity contribution < 1.29 is 9.90 Å². The molecule has 0 fully saturated rings. The van der Waals surface area contributed by atoms with Gasteiger partial charge in [-0.2, -0.15) is 0 Å². The SMILES string of the molecule is O=C(O)c1ccc(-c2c(Cl)c(Cl)c(Cl)c(Cl)c2Cl)c(=O)[nH]1. The van der Waals surface area contributed by atoms with E-state index in [1.165, 1.54) is 12.1 Å². The van der Waals surface area contributed by atoms with Crippen LogP contribution in [0.2, 0.25) is 25.1 Å². The van der Waals surface area contributed by atoms with E-state index in [0.717, 1.165) is 0 Å². The monoisotopic (exact) mass is 385 g/mol. The van der Waals surface area contributed by atoms with Gasteiger partial charge in [0.25, 0.3) is 5.56 Å². The van der Waals surface area contributed by atoms with Crippen LogP contribution >= 0.6 is 58.0 Å². The van der Waals surface area contributed by atoms with Gasteiger partial charge in [-0.15, -0.1) is 0 Å². The molecule has 0 radical (unpaired) electrons. The minimum atomic E-state index is -1.27. The van der Waals surface area contributed by atoms with E-state index in [-0.39, 0.29) is 41.9 Å². The highest BCUT2D eigenvalue weighted by molar-refractivity contribution is 6.56. The van der Waals surface area contributed by atoms with E-state index in [4.69, 9.17) is 63.1 Å². The molecule has 0 aliphatic heterocycles. The van der Waals surface area contributed by atoms with Gasteiger partial charge in [0.05, 0.1) is 30.7 Å². The Bertz CT molecular complexity index is 786. The molecule has 0 amide bonds. The van der Waals surface area contributed by atoms with Gasteiger partial charge in [-0.25, -0.2) is 4.79 Å². The van der Waals surface area contributed by atoms with E-state index in [0.29, 0.717) is 0 Å². The van der Waals surface area contributed by atoms with E-state index in [1.807, 2.05) is 0 Å². The summed E-state index contributed by atoms with van der Waals surface area (Å²) in [5.74, 6) is -1.27. The molecule has 1 aromatic heterocycles. The largest absolute Gasteiger partial charge is 0.477 e. The second-order valence-electron chi connectivity index (χ2n) is 3.86. The fourth-order valence-electron chi connectivity index (χ4n) is 1.64. The number of H-pyrrole nitrogens is 1. The summed E-state index contributed by atoms with van der Waals surface area (Å²) in [7, 11) is 0. The number of aromatic carboxylic acids is 1. The number of halogens is 5. The summed E-state index contributed by atoms with van der Waals surface area (Å²) < 4.78 is 0. The van der Waals surface area contributed by atoms with E-state index in [2.05, 4.69) is 4.98 Å². The highest BCUT2D eigenvalue weighted by Gasteiger charge is 2.22. The fraction of sp³-hybridized carbons (Fsp3) is 0. The predicted molar refractivity (Wildman–Crippen MR) is 84.5 cm³/mol. The van der Waals surface area contributed by atoms with Crippen LogP contribution in [0.5, 0.6) is 0 Å². The summed E-state index contributed by atoms with van der Waals surface area (Å²) in [6, 6.07) is 2.46. The van der Waals surface area contributed by atoms with Gasteiger partial charge in [0.15, 0.2) is 0 Å². The summed E-state index contributed by atoms with van der Waals surface area (Å²) in [6.07, 6.45) is 0. The summed E-state index contributed by atoms with van der Waals surface area (Å²) in [5.41, 5.74) is -0.873. The molecule has 21 heavy (non-hydrogen) atoms. The first kappa shape index (κ1) is 16.5. The van der Waals surface area contributed by atoms with Crippen LogP contribution in [0.4, 0.5) is 0 Å². The molecular formula is C12H4Cl5NO3. The number of rotatable bonds is 2. The fourth-order valence-corrected chi connectivity index (χ4v) is 2.98. The number of aromatic nitrogens is 1. The van der Waals surface area contributed by atoms with E-state index in [9.17, 15) is 9.59 Å². The highest BCUT2D eigenvalue weighted by atomic mass is 35.5. The van der Waals surface area contributed by atoms with Crippen molar-refractivity contribution in [1.29, 1.82) is 0 Å². The Hall–Kier alpha value is -0.910. The minimum Gasteiger partial charge on any atom is -0.477 e. The molecule has 0 bridgehead atoms. The Kier molecular flexibility index (Phi) is 4.76. The van der Waals surface area contributed by atoms with Crippen LogP contribution in [0.25, 0.3) is 11.1 Å². The van der Waals surface area contributed by atoms with Crippen LogP contribution in [0.3, 0.4) is 0 Å². The van der Waals surface area contributed by atoms with Crippen LogP contribution in [-0.4, -0.2) is 16.1 Å². The molecule has 0 spiro atoms. The Morgan fingerprint density at radius 2 is 1.38 bits per heavy atom. The molecule has 2 aromatic rings. The van der Waals surface area contributed by atoms with Crippen LogP contribution in [0.1, 0.15) is 10.5 Å². The van der Waals surface area contributed by atoms with Gasteiger partial charge < -0.3 is 10.1 Å². The summed E-state index contributed by atoms with van der Waals surface area (Å²) >= 11 is 29.8. The Morgan fingerprint density at radius 1 is 0.905 bits per heavy atom. The van der Waals surface area contributed by atoms with Crippen molar-refractivity contribution in [3.63, 3.8) is 0 Å². The Balaban J connectivity index is 2.80. The lowest BCUT2D eigenvalue weighted by Gasteiger charge is -2.12. The number of carboxylic acids is 1. The molecule has 4 nitrogen and oxygen atoms in total. The summed E-state index contributed by atoms with van der Waals surface area (Å²) in [5, 5.41) is 8.59. The number of benzene rings is 1. The third-order valence-corrected chi connectivity index (χ3v) is 4.90. The molecule has 1 aromatic carbocycles. The average molecular weight is 387 g/mol. The number of carbonyl (C=O) groups is 1. The van der Waals surface area contributed by atoms with Crippen molar-refractivity contribution in [2.75, 3.05) is 0 Å². The van der Waals surface area contributed by atoms with Crippen LogP contribution < -0.4 is 5.56 Å². The quantitative estimate of drug-likeness (QED) is 0.562. The van der Waals surface area contributed by atoms with Crippen LogP contribution in [0, 0.1) is 0 Å². The Labute approximate surface area is 143 Å². The van der Waals surface area contributed by atoms with Crippen LogP contribution in [-0.2, 0) is 0 Å². The molecule has 0 aliphatic rings. The smallest absolute Gasteiger partial charge is 0.352 e. The van der Waals surface area contributed by atoms with Gasteiger partial charge in [0.1, 0.15) is 5.69 Å². The molecule has 0 atom stereocenters. The molecule has 0 aliphatic carbocycles. The molecule has 0 unspecified atom stereocenters. The van der Waals surface area contributed by atoms with Crippen molar-refractivity contribution in [1.82, 2.24) is 4.98 Å². The van der Waals surface area contributed by atoms with E-state index < -0.39 is 11.5 Å². The maximum Gasteiger partial charge on any atom is 0.352 e. The predicted octanol–water partition coefficient (Wildman–Crippen LogP) is 5.01. The second kappa shape index (κ2) is 6.07. The molecular weight excluding hydrogens is 383 g/mol. The average Bonchev–Trinajstić information content (AvgIpc) is 2.44. The van der Waals surface area contributed by atoms with Gasteiger partial charge in [-0.3, -0.25) is 4.79 Å². The van der Waals surface area contributed by atoms with Gasteiger partial charge in [0, 0.05) is 5.56 Å². The molecule has 2 N–H and O–H groups in total. The minimum absolute atomic E-state index is 0.0236. The number of nitrogens with one attached hydrogen (secondary N) is 1. The third kappa shape index (κ3) is 2.87. The van der Waals surface area contributed by atoms with Gasteiger partial charge in [0.2, 0.25) is 0 Å². The molecule has 9 heteroatoms. The first-order valence-electron chi connectivity index (χ1n) is 5.24. The van der Waals surface area contributed by atoms with Crippen molar-refractivity contribution in [2.45, 2.75) is 0 Å². The number of aromatic amines is 1. The lowest BCUT2D eigenvalue weighted by Crippen LogP contribution is -2.14. The van der Waals surface area contributed by atoms with Gasteiger partial charge in [-0.05, 0) is 12.1 Å². The zero-order valence-corrected chi connectivity index (χ0v) is 13.6. The summed E-state index contributed by atoms with van der Waals surface area (Å²) in [4.78, 5) is 25.0. The van der Waals surface area contributed by atoms with Gasteiger partial charge in [-0.1, -0.05) is 58.0 Å². The lowest BCUT2D eigenvalue weighted by molar-refractivity contribution is 0.0690. The maximum absolute atomic E-state index is 12.0. The highest BCUT2D eigenvalue weighted by Crippen LogP contribution is 2.47. The van der Waals surface area contributed by atoms with Crippen LogP contribution in [0.15, 0.2) is 16.9 Å². The maximum atomic E-state index is 12.0. The number of hydrogen-bond donors (Lipinski definition) is 2. The zero-order valence-electron chi connectivity index (χ0n) is 9.81.